The number of aromatic nitrogens is 3. The van der Waals surface area contributed by atoms with Gasteiger partial charge in [0.2, 0.25) is 0 Å². The van der Waals surface area contributed by atoms with Gasteiger partial charge in [-0.15, -0.1) is 0 Å². The van der Waals surface area contributed by atoms with Crippen LogP contribution in [0.5, 0.6) is 0 Å². The predicted molar refractivity (Wildman–Crippen MR) is 64.5 cm³/mol. The molecule has 0 aromatic carbocycles. The van der Waals surface area contributed by atoms with Crippen LogP contribution in [0.1, 0.15) is 24.9 Å². The van der Waals surface area contributed by atoms with Crippen molar-refractivity contribution < 1.29 is 9.26 Å². The van der Waals surface area contributed by atoms with Gasteiger partial charge in [0.25, 0.3) is 5.89 Å². The Kier molecular flexibility index (Phi) is 3.70. The van der Waals surface area contributed by atoms with Gasteiger partial charge in [-0.25, -0.2) is 0 Å². The minimum atomic E-state index is 0.355. The second-order valence-corrected chi connectivity index (χ2v) is 4.38. The van der Waals surface area contributed by atoms with E-state index in [0.717, 1.165) is 17.7 Å². The van der Waals surface area contributed by atoms with E-state index in [1.807, 2.05) is 13.8 Å². The van der Waals surface area contributed by atoms with Crippen LogP contribution in [0.3, 0.4) is 0 Å². The number of ether oxygens (including phenoxy) is 1. The molecule has 2 aromatic rings. The summed E-state index contributed by atoms with van der Waals surface area (Å²) in [6, 6.07) is 0. The van der Waals surface area contributed by atoms with Crippen molar-refractivity contribution in [2.45, 2.75) is 26.9 Å². The Labute approximate surface area is 103 Å². The monoisotopic (exact) mass is 254 g/mol. The Morgan fingerprint density at radius 2 is 2.29 bits per heavy atom. The first-order valence-corrected chi connectivity index (χ1v) is 6.12. The minimum absolute atomic E-state index is 0.355. The van der Waals surface area contributed by atoms with E-state index in [2.05, 4.69) is 14.5 Å². The molecule has 6 nitrogen and oxygen atoms in total. The predicted octanol–water partition coefficient (Wildman–Crippen LogP) is 2.01. The Morgan fingerprint density at radius 3 is 2.94 bits per heavy atom. The van der Waals surface area contributed by atoms with Crippen molar-refractivity contribution in [1.29, 1.82) is 0 Å². The summed E-state index contributed by atoms with van der Waals surface area (Å²) in [4.78, 5) is 4.23. The standard InChI is InChI=1S/C10H14N4O2S/c1-3-4-15-5-7-12-10(16-13-7)8-6(2)14-17-9(8)11/h3-5,11H2,1-2H3. The van der Waals surface area contributed by atoms with Gasteiger partial charge in [0.05, 0.1) is 11.3 Å². The zero-order chi connectivity index (χ0) is 12.3. The van der Waals surface area contributed by atoms with E-state index in [-0.39, 0.29) is 0 Å². The highest BCUT2D eigenvalue weighted by atomic mass is 32.1. The van der Waals surface area contributed by atoms with E-state index in [9.17, 15) is 0 Å². The molecular weight excluding hydrogens is 240 g/mol. The van der Waals surface area contributed by atoms with Crippen LogP contribution >= 0.6 is 11.5 Å². The lowest BCUT2D eigenvalue weighted by molar-refractivity contribution is 0.114. The average molecular weight is 254 g/mol. The van der Waals surface area contributed by atoms with E-state index in [4.69, 9.17) is 15.0 Å². The van der Waals surface area contributed by atoms with Gasteiger partial charge in [-0.1, -0.05) is 12.1 Å². The van der Waals surface area contributed by atoms with Crippen molar-refractivity contribution in [2.24, 2.45) is 0 Å². The van der Waals surface area contributed by atoms with E-state index in [0.29, 0.717) is 29.9 Å². The topological polar surface area (TPSA) is 87.1 Å². The number of nitrogen functional groups attached to an aromatic ring is 1. The molecule has 0 bridgehead atoms. The van der Waals surface area contributed by atoms with Crippen molar-refractivity contribution in [2.75, 3.05) is 12.3 Å². The van der Waals surface area contributed by atoms with Gasteiger partial charge in [0.1, 0.15) is 11.6 Å². The molecule has 2 N–H and O–H groups in total. The summed E-state index contributed by atoms with van der Waals surface area (Å²) in [5.74, 6) is 0.933. The lowest BCUT2D eigenvalue weighted by atomic mass is 10.2. The highest BCUT2D eigenvalue weighted by Crippen LogP contribution is 2.30. The van der Waals surface area contributed by atoms with Crippen molar-refractivity contribution >= 4 is 16.5 Å². The van der Waals surface area contributed by atoms with Gasteiger partial charge < -0.3 is 15.0 Å². The van der Waals surface area contributed by atoms with Crippen LogP contribution in [0, 0.1) is 6.92 Å². The molecule has 0 aliphatic heterocycles. The lowest BCUT2D eigenvalue weighted by Gasteiger charge is -1.95. The molecule has 0 saturated carbocycles. The molecule has 2 aromatic heterocycles. The molecule has 7 heteroatoms. The summed E-state index contributed by atoms with van der Waals surface area (Å²) in [7, 11) is 0. The highest BCUT2D eigenvalue weighted by molar-refractivity contribution is 7.10. The molecule has 0 saturated heterocycles. The minimum Gasteiger partial charge on any atom is -0.389 e. The maximum absolute atomic E-state index is 5.80. The number of nitrogens with zero attached hydrogens (tertiary/aromatic N) is 3. The van der Waals surface area contributed by atoms with Gasteiger partial charge in [-0.2, -0.15) is 9.36 Å². The second kappa shape index (κ2) is 5.24. The van der Waals surface area contributed by atoms with E-state index >= 15 is 0 Å². The molecule has 0 amide bonds. The molecule has 0 spiro atoms. The first-order chi connectivity index (χ1) is 8.22. The first-order valence-electron chi connectivity index (χ1n) is 5.34. The molecule has 17 heavy (non-hydrogen) atoms. The average Bonchev–Trinajstić information content (AvgIpc) is 2.87. The number of hydrogen-bond donors (Lipinski definition) is 1. The summed E-state index contributed by atoms with van der Waals surface area (Å²) in [5, 5.41) is 4.43. The van der Waals surface area contributed by atoms with Gasteiger partial charge in [-0.3, -0.25) is 0 Å². The molecular formula is C10H14N4O2S. The first kappa shape index (κ1) is 12.0. The smallest absolute Gasteiger partial charge is 0.262 e. The SMILES string of the molecule is CCCOCc1noc(-c2c(C)nsc2N)n1. The Bertz CT molecular complexity index is 475. The molecule has 0 aliphatic carbocycles. The van der Waals surface area contributed by atoms with Crippen molar-refractivity contribution in [3.8, 4) is 11.5 Å². The third kappa shape index (κ3) is 2.62. The highest BCUT2D eigenvalue weighted by Gasteiger charge is 2.17. The van der Waals surface area contributed by atoms with E-state index < -0.39 is 0 Å². The van der Waals surface area contributed by atoms with Crippen LogP contribution in [0.4, 0.5) is 5.00 Å². The molecule has 92 valence electrons. The summed E-state index contributed by atoms with van der Waals surface area (Å²) < 4.78 is 14.6. The molecule has 2 heterocycles. The Balaban J connectivity index is 2.13. The number of hydrogen-bond acceptors (Lipinski definition) is 7. The number of aryl methyl sites for hydroxylation is 1. The zero-order valence-corrected chi connectivity index (χ0v) is 10.6. The van der Waals surface area contributed by atoms with Gasteiger partial charge in [-0.05, 0) is 24.9 Å². The summed E-state index contributed by atoms with van der Waals surface area (Å²) in [6.45, 7) is 4.95. The maximum Gasteiger partial charge on any atom is 0.262 e. The molecule has 0 fully saturated rings. The number of rotatable bonds is 5. The van der Waals surface area contributed by atoms with Crippen molar-refractivity contribution in [3.63, 3.8) is 0 Å². The molecule has 0 atom stereocenters. The van der Waals surface area contributed by atoms with Crippen LogP contribution in [-0.4, -0.2) is 21.1 Å². The van der Waals surface area contributed by atoms with Gasteiger partial charge >= 0.3 is 0 Å². The van der Waals surface area contributed by atoms with Crippen LogP contribution in [-0.2, 0) is 11.3 Å². The summed E-state index contributed by atoms with van der Waals surface area (Å²) in [6.07, 6.45) is 0.964. The van der Waals surface area contributed by atoms with Crippen LogP contribution in [0.25, 0.3) is 11.5 Å². The van der Waals surface area contributed by atoms with Crippen LogP contribution < -0.4 is 5.73 Å². The zero-order valence-electron chi connectivity index (χ0n) is 9.77. The molecule has 0 radical (unpaired) electrons. The maximum atomic E-state index is 5.80. The second-order valence-electron chi connectivity index (χ2n) is 3.58. The molecule has 2 rings (SSSR count). The largest absolute Gasteiger partial charge is 0.389 e. The van der Waals surface area contributed by atoms with Crippen molar-refractivity contribution in [1.82, 2.24) is 14.5 Å². The van der Waals surface area contributed by atoms with E-state index in [1.54, 1.807) is 0 Å². The van der Waals surface area contributed by atoms with E-state index in [1.165, 1.54) is 11.5 Å². The third-order valence-electron chi connectivity index (χ3n) is 2.15. The fraction of sp³-hybridized carbons (Fsp3) is 0.500. The normalized spacial score (nSPS) is 10.9. The fourth-order valence-corrected chi connectivity index (χ4v) is 2.02. The van der Waals surface area contributed by atoms with Crippen molar-refractivity contribution in [3.05, 3.63) is 11.5 Å². The summed E-state index contributed by atoms with van der Waals surface area (Å²) in [5.41, 5.74) is 7.33. The van der Waals surface area contributed by atoms with Gasteiger partial charge in [0, 0.05) is 6.61 Å². The van der Waals surface area contributed by atoms with Gasteiger partial charge in [0.15, 0.2) is 5.82 Å². The number of nitrogens with two attached hydrogens (primary N) is 1. The van der Waals surface area contributed by atoms with Crippen LogP contribution in [0.15, 0.2) is 4.52 Å². The fourth-order valence-electron chi connectivity index (χ4n) is 1.37. The number of anilines is 1. The lowest BCUT2D eigenvalue weighted by Crippen LogP contribution is -1.96. The Hall–Kier alpha value is -1.47. The molecule has 0 aliphatic rings. The molecule has 0 unspecified atom stereocenters. The third-order valence-corrected chi connectivity index (χ3v) is 2.92. The Morgan fingerprint density at radius 1 is 1.47 bits per heavy atom. The quantitative estimate of drug-likeness (QED) is 0.821. The van der Waals surface area contributed by atoms with Crippen LogP contribution in [0.2, 0.25) is 0 Å². The summed E-state index contributed by atoms with van der Waals surface area (Å²) >= 11 is 1.23.